The molecule has 9 nitrogen and oxygen atoms in total. The number of aromatic nitrogens is 3. The molecule has 0 fully saturated rings. The van der Waals surface area contributed by atoms with Gasteiger partial charge < -0.3 is 25.3 Å². The zero-order valence-corrected chi connectivity index (χ0v) is 20.3. The molecule has 0 aliphatic carbocycles. The fourth-order valence-corrected chi connectivity index (χ4v) is 4.26. The predicted octanol–water partition coefficient (Wildman–Crippen LogP) is 4.74. The first-order valence-corrected chi connectivity index (χ1v) is 11.2. The van der Waals surface area contributed by atoms with E-state index in [2.05, 4.69) is 5.32 Å². The summed E-state index contributed by atoms with van der Waals surface area (Å²) in [6.45, 7) is 1.96. The Balaban J connectivity index is 1.78. The average molecular weight is 484 g/mol. The van der Waals surface area contributed by atoms with Crippen LogP contribution in [0.2, 0.25) is 0 Å². The number of nitrogen functional groups attached to an aromatic ring is 1. The molecule has 0 saturated carbocycles. The van der Waals surface area contributed by atoms with E-state index in [1.165, 1.54) is 21.3 Å². The lowest BCUT2D eigenvalue weighted by molar-refractivity contribution is 0.102. The Morgan fingerprint density at radius 1 is 0.889 bits per heavy atom. The molecule has 0 aliphatic rings. The molecule has 5 rings (SSSR count). The third-order valence-electron chi connectivity index (χ3n) is 5.91. The second-order valence-corrected chi connectivity index (χ2v) is 8.19. The van der Waals surface area contributed by atoms with Gasteiger partial charge in [0.15, 0.2) is 17.1 Å². The molecule has 3 aromatic carbocycles. The van der Waals surface area contributed by atoms with Gasteiger partial charge in [-0.05, 0) is 36.8 Å². The number of methoxy groups -OCH3 is 3. The molecule has 36 heavy (non-hydrogen) atoms. The van der Waals surface area contributed by atoms with Crippen molar-refractivity contribution in [3.05, 3.63) is 71.8 Å². The summed E-state index contributed by atoms with van der Waals surface area (Å²) < 4.78 is 18.2. The van der Waals surface area contributed by atoms with Crippen LogP contribution in [0.15, 0.2) is 60.7 Å². The van der Waals surface area contributed by atoms with E-state index < -0.39 is 0 Å². The lowest BCUT2D eigenvalue weighted by Gasteiger charge is -2.16. The first kappa shape index (κ1) is 23.0. The molecule has 0 spiro atoms. The Labute approximate surface area is 207 Å². The molecule has 0 unspecified atom stereocenters. The summed E-state index contributed by atoms with van der Waals surface area (Å²) in [7, 11) is 4.60. The highest BCUT2D eigenvalue weighted by Gasteiger charge is 2.26. The van der Waals surface area contributed by atoms with Crippen molar-refractivity contribution in [3.8, 4) is 22.9 Å². The normalized spacial score (nSPS) is 11.0. The number of amides is 1. The van der Waals surface area contributed by atoms with Gasteiger partial charge in [-0.1, -0.05) is 24.3 Å². The Bertz CT molecular complexity index is 1600. The standard InChI is InChI=1S/C27H25N5O4/c1-15-8-7-9-16(12-15)29-27(33)22-23-26(31-19-11-6-5-10-18(19)30-23)32(25(22)28)17-13-20(34-2)24(36-4)21(14-17)35-3/h5-14H,28H2,1-4H3,(H,29,33). The van der Waals surface area contributed by atoms with E-state index >= 15 is 0 Å². The van der Waals surface area contributed by atoms with Gasteiger partial charge in [0.05, 0.1) is 38.1 Å². The summed E-state index contributed by atoms with van der Waals surface area (Å²) in [5, 5.41) is 2.94. The zero-order valence-electron chi connectivity index (χ0n) is 20.3. The van der Waals surface area contributed by atoms with Gasteiger partial charge >= 0.3 is 0 Å². The number of hydrogen-bond acceptors (Lipinski definition) is 7. The van der Waals surface area contributed by atoms with Crippen LogP contribution in [0.5, 0.6) is 17.2 Å². The Morgan fingerprint density at radius 2 is 1.56 bits per heavy atom. The molecule has 0 saturated heterocycles. The highest BCUT2D eigenvalue weighted by atomic mass is 16.5. The van der Waals surface area contributed by atoms with Gasteiger partial charge in [0.2, 0.25) is 5.75 Å². The number of carbonyl (C=O) groups excluding carboxylic acids is 1. The lowest BCUT2D eigenvalue weighted by atomic mass is 10.2. The molecule has 3 N–H and O–H groups in total. The van der Waals surface area contributed by atoms with E-state index in [0.717, 1.165) is 5.56 Å². The second kappa shape index (κ2) is 9.10. The number of hydrogen-bond donors (Lipinski definition) is 2. The molecule has 5 aromatic rings. The smallest absolute Gasteiger partial charge is 0.261 e. The molecular formula is C27H25N5O4. The first-order valence-electron chi connectivity index (χ1n) is 11.2. The van der Waals surface area contributed by atoms with Crippen LogP contribution >= 0.6 is 0 Å². The summed E-state index contributed by atoms with van der Waals surface area (Å²) in [5.41, 5.74) is 11.3. The van der Waals surface area contributed by atoms with Crippen LogP contribution in [0.25, 0.3) is 27.9 Å². The average Bonchev–Trinajstić information content (AvgIpc) is 3.16. The number of nitrogens with two attached hydrogens (primary N) is 1. The topological polar surface area (TPSA) is 114 Å². The quantitative estimate of drug-likeness (QED) is 0.358. The van der Waals surface area contributed by atoms with Gasteiger partial charge in [-0.15, -0.1) is 0 Å². The van der Waals surface area contributed by atoms with Crippen molar-refractivity contribution in [3.63, 3.8) is 0 Å². The number of ether oxygens (including phenoxy) is 3. The van der Waals surface area contributed by atoms with Crippen molar-refractivity contribution in [1.82, 2.24) is 14.5 Å². The number of aryl methyl sites for hydroxylation is 1. The maximum absolute atomic E-state index is 13.5. The Kier molecular flexibility index (Phi) is 5.81. The molecular weight excluding hydrogens is 458 g/mol. The first-order chi connectivity index (χ1) is 17.4. The van der Waals surface area contributed by atoms with Gasteiger partial charge in [0.25, 0.3) is 5.91 Å². The van der Waals surface area contributed by atoms with Gasteiger partial charge in [0.1, 0.15) is 16.9 Å². The molecule has 0 atom stereocenters. The molecule has 1 amide bonds. The summed E-state index contributed by atoms with van der Waals surface area (Å²) in [6.07, 6.45) is 0. The number of nitrogens with zero attached hydrogens (tertiary/aromatic N) is 3. The van der Waals surface area contributed by atoms with E-state index in [1.807, 2.05) is 55.5 Å². The van der Waals surface area contributed by atoms with Crippen LogP contribution in [0.4, 0.5) is 11.5 Å². The number of carbonyl (C=O) groups is 1. The van der Waals surface area contributed by atoms with E-state index in [-0.39, 0.29) is 17.3 Å². The molecule has 0 radical (unpaired) electrons. The van der Waals surface area contributed by atoms with E-state index in [9.17, 15) is 4.79 Å². The highest BCUT2D eigenvalue weighted by Crippen LogP contribution is 2.41. The summed E-state index contributed by atoms with van der Waals surface area (Å²) >= 11 is 0. The molecule has 2 heterocycles. The van der Waals surface area contributed by atoms with Crippen LogP contribution in [0.1, 0.15) is 15.9 Å². The minimum atomic E-state index is -0.390. The van der Waals surface area contributed by atoms with Gasteiger partial charge in [-0.25, -0.2) is 9.97 Å². The summed E-state index contributed by atoms with van der Waals surface area (Å²) in [6, 6.07) is 18.5. The fraction of sp³-hybridized carbons (Fsp3) is 0.148. The molecule has 9 heteroatoms. The number of rotatable bonds is 6. The molecule has 0 bridgehead atoms. The Hall–Kier alpha value is -4.79. The maximum atomic E-state index is 13.5. The summed E-state index contributed by atoms with van der Waals surface area (Å²) in [4.78, 5) is 23.1. The molecule has 0 aliphatic heterocycles. The number of para-hydroxylation sites is 2. The number of fused-ring (bicyclic) bond motifs is 2. The predicted molar refractivity (Wildman–Crippen MR) is 140 cm³/mol. The number of benzene rings is 3. The van der Waals surface area contributed by atoms with Crippen molar-refractivity contribution in [1.29, 1.82) is 0 Å². The molecule has 182 valence electrons. The number of nitrogens with one attached hydrogen (secondary N) is 1. The van der Waals surface area contributed by atoms with Gasteiger partial charge in [-0.2, -0.15) is 0 Å². The van der Waals surface area contributed by atoms with Gasteiger partial charge in [-0.3, -0.25) is 9.36 Å². The van der Waals surface area contributed by atoms with Crippen molar-refractivity contribution in [2.45, 2.75) is 6.92 Å². The van der Waals surface area contributed by atoms with Crippen LogP contribution in [-0.2, 0) is 0 Å². The third-order valence-corrected chi connectivity index (χ3v) is 5.91. The summed E-state index contributed by atoms with van der Waals surface area (Å²) in [5.74, 6) is 1.10. The second-order valence-electron chi connectivity index (χ2n) is 8.19. The maximum Gasteiger partial charge on any atom is 0.261 e. The van der Waals surface area contributed by atoms with E-state index in [1.54, 1.807) is 16.7 Å². The third kappa shape index (κ3) is 3.80. The fourth-order valence-electron chi connectivity index (χ4n) is 4.26. The number of anilines is 2. The zero-order chi connectivity index (χ0) is 25.4. The monoisotopic (exact) mass is 483 g/mol. The lowest BCUT2D eigenvalue weighted by Crippen LogP contribution is -2.14. The van der Waals surface area contributed by atoms with Crippen molar-refractivity contribution in [2.24, 2.45) is 0 Å². The van der Waals surface area contributed by atoms with Crippen molar-refractivity contribution < 1.29 is 19.0 Å². The largest absolute Gasteiger partial charge is 0.493 e. The van der Waals surface area contributed by atoms with Crippen LogP contribution in [0.3, 0.4) is 0 Å². The van der Waals surface area contributed by atoms with Crippen molar-refractivity contribution in [2.75, 3.05) is 32.4 Å². The minimum absolute atomic E-state index is 0.180. The highest BCUT2D eigenvalue weighted by molar-refractivity contribution is 6.16. The minimum Gasteiger partial charge on any atom is -0.493 e. The van der Waals surface area contributed by atoms with Crippen LogP contribution in [-0.4, -0.2) is 41.8 Å². The molecule has 2 aromatic heterocycles. The van der Waals surface area contributed by atoms with Crippen molar-refractivity contribution >= 4 is 39.6 Å². The van der Waals surface area contributed by atoms with E-state index in [4.69, 9.17) is 29.9 Å². The van der Waals surface area contributed by atoms with Crippen LogP contribution in [0, 0.1) is 6.92 Å². The van der Waals surface area contributed by atoms with Crippen LogP contribution < -0.4 is 25.3 Å². The van der Waals surface area contributed by atoms with E-state index in [0.29, 0.717) is 50.8 Å². The Morgan fingerprint density at radius 3 is 2.17 bits per heavy atom. The van der Waals surface area contributed by atoms with Gasteiger partial charge in [0, 0.05) is 17.8 Å². The SMILES string of the molecule is COc1cc(-n2c(N)c(C(=O)Nc3cccc(C)c3)c3nc4ccccc4nc32)cc(OC)c1OC.